The fourth-order valence-corrected chi connectivity index (χ4v) is 3.88. The van der Waals surface area contributed by atoms with Gasteiger partial charge in [-0.3, -0.25) is 14.9 Å². The van der Waals surface area contributed by atoms with Gasteiger partial charge in [-0.15, -0.1) is 11.3 Å². The molecule has 1 aliphatic rings. The molecule has 0 saturated heterocycles. The van der Waals surface area contributed by atoms with E-state index in [1.807, 2.05) is 35.7 Å². The number of carbonyl (C=O) groups is 2. The average Bonchev–Trinajstić information content (AvgIpc) is 3.15. The van der Waals surface area contributed by atoms with Crippen LogP contribution >= 0.6 is 27.3 Å². The third-order valence-corrected chi connectivity index (χ3v) is 5.72. The second kappa shape index (κ2) is 7.37. The van der Waals surface area contributed by atoms with Crippen molar-refractivity contribution in [3.63, 3.8) is 0 Å². The van der Waals surface area contributed by atoms with Gasteiger partial charge in [-0.25, -0.2) is 4.98 Å². The van der Waals surface area contributed by atoms with Crippen molar-refractivity contribution in [2.75, 3.05) is 17.3 Å². The molecule has 142 valence electrons. The molecular weight excluding hydrogens is 442 g/mol. The highest BCUT2D eigenvalue weighted by atomic mass is 79.9. The SMILES string of the molecule is CC1Oc2ccc(-c3csc(NC(=O)c4ccc(Br)cc4)n3)cc2N(C)C1=O. The number of aromatic nitrogens is 1. The summed E-state index contributed by atoms with van der Waals surface area (Å²) in [6.45, 7) is 1.73. The van der Waals surface area contributed by atoms with Crippen LogP contribution in [0.4, 0.5) is 10.8 Å². The van der Waals surface area contributed by atoms with Gasteiger partial charge in [0, 0.05) is 28.0 Å². The molecule has 2 aromatic carbocycles. The molecule has 6 nitrogen and oxygen atoms in total. The van der Waals surface area contributed by atoms with Gasteiger partial charge in [0.15, 0.2) is 11.2 Å². The number of likely N-dealkylation sites (N-methyl/N-ethyl adjacent to an activating group) is 1. The van der Waals surface area contributed by atoms with Crippen LogP contribution in [0.25, 0.3) is 11.3 Å². The van der Waals surface area contributed by atoms with Crippen LogP contribution in [0.15, 0.2) is 52.3 Å². The second-order valence-electron chi connectivity index (χ2n) is 6.34. The summed E-state index contributed by atoms with van der Waals surface area (Å²) in [7, 11) is 1.73. The van der Waals surface area contributed by atoms with Crippen molar-refractivity contribution < 1.29 is 14.3 Å². The van der Waals surface area contributed by atoms with Crippen LogP contribution in [0.2, 0.25) is 0 Å². The number of hydrogen-bond donors (Lipinski definition) is 1. The quantitative estimate of drug-likeness (QED) is 0.625. The first kappa shape index (κ1) is 18.6. The third-order valence-electron chi connectivity index (χ3n) is 4.43. The van der Waals surface area contributed by atoms with E-state index in [0.717, 1.165) is 15.7 Å². The maximum atomic E-state index is 12.4. The monoisotopic (exact) mass is 457 g/mol. The van der Waals surface area contributed by atoms with E-state index in [4.69, 9.17) is 4.74 Å². The van der Waals surface area contributed by atoms with Gasteiger partial charge in [-0.05, 0) is 49.4 Å². The maximum absolute atomic E-state index is 12.4. The Morgan fingerprint density at radius 3 is 2.75 bits per heavy atom. The number of nitrogens with zero attached hydrogens (tertiary/aromatic N) is 2. The standard InChI is InChI=1S/C20H16BrN3O3S/c1-11-19(26)24(2)16-9-13(5-8-17(16)27-11)15-10-28-20(22-15)23-18(25)12-3-6-14(21)7-4-12/h3-11H,1-2H3,(H,22,23,25). The zero-order valence-corrected chi connectivity index (χ0v) is 17.5. The van der Waals surface area contributed by atoms with Gasteiger partial charge >= 0.3 is 0 Å². The van der Waals surface area contributed by atoms with Crippen LogP contribution in [0.5, 0.6) is 5.75 Å². The molecule has 0 aliphatic carbocycles. The van der Waals surface area contributed by atoms with Crippen molar-refractivity contribution in [3.05, 3.63) is 57.9 Å². The predicted molar refractivity (Wildman–Crippen MR) is 113 cm³/mol. The Hall–Kier alpha value is -2.71. The fraction of sp³-hybridized carbons (Fsp3) is 0.150. The molecule has 3 aromatic rings. The third kappa shape index (κ3) is 3.53. The van der Waals surface area contributed by atoms with Gasteiger partial charge in [-0.2, -0.15) is 0 Å². The second-order valence-corrected chi connectivity index (χ2v) is 8.11. The maximum Gasteiger partial charge on any atom is 0.267 e. The molecule has 0 spiro atoms. The van der Waals surface area contributed by atoms with Gasteiger partial charge in [0.1, 0.15) is 5.75 Å². The minimum atomic E-state index is -0.497. The molecular formula is C20H16BrN3O3S. The summed E-state index contributed by atoms with van der Waals surface area (Å²) in [4.78, 5) is 30.6. The molecule has 4 rings (SSSR count). The Morgan fingerprint density at radius 1 is 1.25 bits per heavy atom. The van der Waals surface area contributed by atoms with E-state index >= 15 is 0 Å². The molecule has 0 radical (unpaired) electrons. The van der Waals surface area contributed by atoms with Gasteiger partial charge in [0.2, 0.25) is 0 Å². The van der Waals surface area contributed by atoms with E-state index in [0.29, 0.717) is 22.1 Å². The molecule has 0 saturated carbocycles. The Bertz CT molecular complexity index is 1060. The summed E-state index contributed by atoms with van der Waals surface area (Å²) in [5.74, 6) is 0.356. The van der Waals surface area contributed by atoms with Crippen LogP contribution in [0, 0.1) is 0 Å². The normalized spacial score (nSPS) is 15.8. The number of fused-ring (bicyclic) bond motifs is 1. The van der Waals surface area contributed by atoms with Crippen LogP contribution in [-0.2, 0) is 4.79 Å². The first-order valence-corrected chi connectivity index (χ1v) is 10.2. The number of anilines is 2. The molecule has 28 heavy (non-hydrogen) atoms. The molecule has 1 N–H and O–H groups in total. The lowest BCUT2D eigenvalue weighted by atomic mass is 10.1. The van der Waals surface area contributed by atoms with E-state index in [-0.39, 0.29) is 11.8 Å². The molecule has 0 fully saturated rings. The van der Waals surface area contributed by atoms with Crippen LogP contribution in [0.1, 0.15) is 17.3 Å². The first-order valence-electron chi connectivity index (χ1n) is 8.53. The van der Waals surface area contributed by atoms with Crippen molar-refractivity contribution in [1.29, 1.82) is 0 Å². The lowest BCUT2D eigenvalue weighted by Crippen LogP contribution is -2.41. The largest absolute Gasteiger partial charge is 0.479 e. The Labute approximate surface area is 174 Å². The van der Waals surface area contributed by atoms with Crippen LogP contribution in [-0.4, -0.2) is 29.9 Å². The summed E-state index contributed by atoms with van der Waals surface area (Å²) in [6, 6.07) is 12.7. The van der Waals surface area contributed by atoms with Crippen LogP contribution in [0.3, 0.4) is 0 Å². The first-order chi connectivity index (χ1) is 13.4. The number of rotatable bonds is 3. The lowest BCUT2D eigenvalue weighted by Gasteiger charge is -2.30. The Balaban J connectivity index is 1.55. The van der Waals surface area contributed by atoms with E-state index in [2.05, 4.69) is 26.2 Å². The highest BCUT2D eigenvalue weighted by Gasteiger charge is 2.29. The van der Waals surface area contributed by atoms with E-state index < -0.39 is 6.10 Å². The number of benzene rings is 2. The smallest absolute Gasteiger partial charge is 0.267 e. The molecule has 2 heterocycles. The molecule has 1 aliphatic heterocycles. The fourth-order valence-electron chi connectivity index (χ4n) is 2.91. The number of nitrogens with one attached hydrogen (secondary N) is 1. The summed E-state index contributed by atoms with van der Waals surface area (Å²) in [5.41, 5.74) is 2.82. The zero-order chi connectivity index (χ0) is 19.8. The molecule has 8 heteroatoms. The zero-order valence-electron chi connectivity index (χ0n) is 15.1. The van der Waals surface area contributed by atoms with E-state index in [1.165, 1.54) is 11.3 Å². The van der Waals surface area contributed by atoms with E-state index in [1.54, 1.807) is 31.0 Å². The highest BCUT2D eigenvalue weighted by molar-refractivity contribution is 9.10. The summed E-state index contributed by atoms with van der Waals surface area (Å²) < 4.78 is 6.56. The molecule has 1 unspecified atom stereocenters. The van der Waals surface area contributed by atoms with Crippen LogP contribution < -0.4 is 15.0 Å². The molecule has 0 bridgehead atoms. The average molecular weight is 458 g/mol. The minimum absolute atomic E-state index is 0.0922. The Morgan fingerprint density at radius 2 is 2.00 bits per heavy atom. The van der Waals surface area contributed by atoms with Crippen molar-refractivity contribution in [1.82, 2.24) is 4.98 Å². The number of hydrogen-bond acceptors (Lipinski definition) is 5. The van der Waals surface area contributed by atoms with E-state index in [9.17, 15) is 9.59 Å². The number of thiazole rings is 1. The van der Waals surface area contributed by atoms with Crippen molar-refractivity contribution in [3.8, 4) is 17.0 Å². The highest BCUT2D eigenvalue weighted by Crippen LogP contribution is 2.37. The minimum Gasteiger partial charge on any atom is -0.479 e. The number of ether oxygens (including phenoxy) is 1. The summed E-state index contributed by atoms with van der Waals surface area (Å²) in [6.07, 6.45) is -0.497. The topological polar surface area (TPSA) is 71.5 Å². The summed E-state index contributed by atoms with van der Waals surface area (Å²) in [5, 5.41) is 5.19. The molecule has 1 atom stereocenters. The van der Waals surface area contributed by atoms with Gasteiger partial charge in [-0.1, -0.05) is 15.9 Å². The molecule has 1 aromatic heterocycles. The number of carbonyl (C=O) groups excluding carboxylic acids is 2. The van der Waals surface area contributed by atoms with Crippen molar-refractivity contribution >= 4 is 49.9 Å². The van der Waals surface area contributed by atoms with Gasteiger partial charge in [0.05, 0.1) is 11.4 Å². The van der Waals surface area contributed by atoms with Crippen molar-refractivity contribution in [2.45, 2.75) is 13.0 Å². The van der Waals surface area contributed by atoms with Crippen molar-refractivity contribution in [2.24, 2.45) is 0 Å². The predicted octanol–water partition coefficient (Wildman–Crippen LogP) is 4.57. The number of halogens is 1. The Kier molecular flexibility index (Phi) is 4.91. The van der Waals surface area contributed by atoms with Gasteiger partial charge in [0.25, 0.3) is 11.8 Å². The number of amides is 2. The van der Waals surface area contributed by atoms with Gasteiger partial charge < -0.3 is 9.64 Å². The lowest BCUT2D eigenvalue weighted by molar-refractivity contribution is -0.125. The summed E-state index contributed by atoms with van der Waals surface area (Å²) >= 11 is 4.70. The molecule has 2 amide bonds.